The average molecular weight is 366 g/mol. The van der Waals surface area contributed by atoms with Crippen LogP contribution in [-0.4, -0.2) is 39.2 Å². The lowest BCUT2D eigenvalue weighted by Gasteiger charge is -2.18. The maximum Gasteiger partial charge on any atom is 0.223 e. The maximum atomic E-state index is 12.6. The van der Waals surface area contributed by atoms with Crippen molar-refractivity contribution >= 4 is 28.7 Å². The predicted molar refractivity (Wildman–Crippen MR) is 106 cm³/mol. The second-order valence-corrected chi connectivity index (χ2v) is 7.88. The number of aryl methyl sites for hydroxylation is 1. The molecule has 4 rings (SSSR count). The van der Waals surface area contributed by atoms with Crippen LogP contribution >= 0.6 is 11.8 Å². The van der Waals surface area contributed by atoms with Crippen molar-refractivity contribution in [2.24, 2.45) is 0 Å². The van der Waals surface area contributed by atoms with Crippen LogP contribution in [-0.2, 0) is 4.79 Å². The summed E-state index contributed by atoms with van der Waals surface area (Å²) in [5, 5.41) is 0. The summed E-state index contributed by atoms with van der Waals surface area (Å²) < 4.78 is 2.31. The van der Waals surface area contributed by atoms with Gasteiger partial charge in [0.2, 0.25) is 5.91 Å². The van der Waals surface area contributed by atoms with E-state index < -0.39 is 0 Å². The molecule has 2 heterocycles. The van der Waals surface area contributed by atoms with E-state index in [1.807, 2.05) is 29.2 Å². The molecule has 1 fully saturated rings. The molecule has 1 amide bonds. The van der Waals surface area contributed by atoms with E-state index in [2.05, 4.69) is 46.8 Å². The van der Waals surface area contributed by atoms with Gasteiger partial charge in [-0.3, -0.25) is 4.79 Å². The van der Waals surface area contributed by atoms with Gasteiger partial charge in [-0.1, -0.05) is 30.3 Å². The molecule has 0 N–H and O–H groups in total. The molecular weight excluding hydrogens is 342 g/mol. The normalized spacial score (nSPS) is 17.1. The minimum absolute atomic E-state index is 0.262. The molecular formula is C21H23N3OS. The third kappa shape index (κ3) is 3.49. The van der Waals surface area contributed by atoms with Gasteiger partial charge in [0.1, 0.15) is 5.82 Å². The molecule has 134 valence electrons. The molecule has 1 atom stereocenters. The zero-order chi connectivity index (χ0) is 17.9. The Kier molecular flexibility index (Phi) is 4.98. The second-order valence-electron chi connectivity index (χ2n) is 6.71. The summed E-state index contributed by atoms with van der Waals surface area (Å²) in [6.45, 7) is 3.68. The van der Waals surface area contributed by atoms with Crippen molar-refractivity contribution in [2.45, 2.75) is 30.7 Å². The van der Waals surface area contributed by atoms with E-state index in [9.17, 15) is 4.79 Å². The number of carbonyl (C=O) groups is 1. The lowest BCUT2D eigenvalue weighted by Crippen LogP contribution is -2.29. The molecule has 0 spiro atoms. The minimum atomic E-state index is 0.262. The number of aromatic nitrogens is 2. The van der Waals surface area contributed by atoms with E-state index in [0.717, 1.165) is 36.6 Å². The fourth-order valence-electron chi connectivity index (χ4n) is 3.74. The van der Waals surface area contributed by atoms with Crippen molar-refractivity contribution in [1.82, 2.24) is 14.5 Å². The summed E-state index contributed by atoms with van der Waals surface area (Å²) in [7, 11) is 0. The van der Waals surface area contributed by atoms with E-state index in [0.29, 0.717) is 12.5 Å². The summed E-state index contributed by atoms with van der Waals surface area (Å²) in [5.74, 6) is 2.12. The third-order valence-corrected chi connectivity index (χ3v) is 6.00. The highest BCUT2D eigenvalue weighted by molar-refractivity contribution is 7.99. The zero-order valence-corrected chi connectivity index (χ0v) is 15.8. The lowest BCUT2D eigenvalue weighted by atomic mass is 10.2. The Morgan fingerprint density at radius 3 is 2.77 bits per heavy atom. The van der Waals surface area contributed by atoms with Crippen molar-refractivity contribution in [3.8, 4) is 0 Å². The number of imidazole rings is 1. The number of thioether (sulfide) groups is 1. The van der Waals surface area contributed by atoms with Gasteiger partial charge in [-0.05, 0) is 37.6 Å². The first kappa shape index (κ1) is 17.2. The van der Waals surface area contributed by atoms with Crippen molar-refractivity contribution < 1.29 is 4.79 Å². The Hall–Kier alpha value is -2.27. The average Bonchev–Trinajstić information content (AvgIpc) is 3.26. The fraction of sp³-hybridized carbons (Fsp3) is 0.333. The van der Waals surface area contributed by atoms with Gasteiger partial charge >= 0.3 is 0 Å². The van der Waals surface area contributed by atoms with Crippen molar-refractivity contribution in [3.05, 3.63) is 60.4 Å². The number of carbonyl (C=O) groups excluding carboxylic acids is 1. The van der Waals surface area contributed by atoms with Crippen molar-refractivity contribution in [1.29, 1.82) is 0 Å². The smallest absolute Gasteiger partial charge is 0.223 e. The monoisotopic (exact) mass is 365 g/mol. The molecule has 4 nitrogen and oxygen atoms in total. The highest BCUT2D eigenvalue weighted by atomic mass is 32.2. The Morgan fingerprint density at radius 2 is 1.92 bits per heavy atom. The highest BCUT2D eigenvalue weighted by Crippen LogP contribution is 2.28. The van der Waals surface area contributed by atoms with Crippen molar-refractivity contribution in [3.63, 3.8) is 0 Å². The molecule has 0 saturated carbocycles. The summed E-state index contributed by atoms with van der Waals surface area (Å²) in [5.41, 5.74) is 2.21. The molecule has 1 saturated heterocycles. The van der Waals surface area contributed by atoms with E-state index in [-0.39, 0.29) is 5.91 Å². The van der Waals surface area contributed by atoms with Gasteiger partial charge in [0.25, 0.3) is 0 Å². The first-order valence-corrected chi connectivity index (χ1v) is 10.1. The topological polar surface area (TPSA) is 38.1 Å². The number of nitrogens with zero attached hydrogens (tertiary/aromatic N) is 3. The molecule has 1 aliphatic rings. The molecule has 0 bridgehead atoms. The number of hydrogen-bond acceptors (Lipinski definition) is 3. The van der Waals surface area contributed by atoms with Crippen LogP contribution in [0.2, 0.25) is 0 Å². The van der Waals surface area contributed by atoms with Crippen LogP contribution in [0.25, 0.3) is 11.0 Å². The molecule has 1 aliphatic heterocycles. The van der Waals surface area contributed by atoms with Crippen LogP contribution < -0.4 is 0 Å². The van der Waals surface area contributed by atoms with Crippen LogP contribution in [0.1, 0.15) is 24.7 Å². The molecule has 1 aromatic heterocycles. The van der Waals surface area contributed by atoms with Crippen molar-refractivity contribution in [2.75, 3.05) is 18.8 Å². The number of hydrogen-bond donors (Lipinski definition) is 0. The molecule has 26 heavy (non-hydrogen) atoms. The molecule has 5 heteroatoms. The van der Waals surface area contributed by atoms with Crippen LogP contribution in [0, 0.1) is 6.92 Å². The van der Waals surface area contributed by atoms with E-state index in [1.54, 1.807) is 11.8 Å². The Morgan fingerprint density at radius 1 is 1.15 bits per heavy atom. The Bertz CT molecular complexity index is 906. The number of benzene rings is 2. The lowest BCUT2D eigenvalue weighted by molar-refractivity contribution is -0.129. The standard InChI is InChI=1S/C21H23N3OS/c1-16-22-19-9-5-6-10-20(19)24(16)17-11-13-23(15-17)21(25)12-14-26-18-7-3-2-4-8-18/h2-10,17H,11-15H2,1H3. The highest BCUT2D eigenvalue weighted by Gasteiger charge is 2.28. The number of rotatable bonds is 5. The van der Waals surface area contributed by atoms with Gasteiger partial charge in [-0.25, -0.2) is 4.98 Å². The number of likely N-dealkylation sites (tertiary alicyclic amines) is 1. The third-order valence-electron chi connectivity index (χ3n) is 4.98. The number of para-hydroxylation sites is 2. The number of amides is 1. The Labute approximate surface area is 158 Å². The molecule has 3 aromatic rings. The largest absolute Gasteiger partial charge is 0.341 e. The SMILES string of the molecule is Cc1nc2ccccc2n1C1CCN(C(=O)CCSc2ccccc2)C1. The van der Waals surface area contributed by atoms with Gasteiger partial charge < -0.3 is 9.47 Å². The molecule has 2 aromatic carbocycles. The van der Waals surface area contributed by atoms with Crippen LogP contribution in [0.5, 0.6) is 0 Å². The number of fused-ring (bicyclic) bond motifs is 1. The van der Waals surface area contributed by atoms with Gasteiger partial charge in [-0.15, -0.1) is 11.8 Å². The van der Waals surface area contributed by atoms with Gasteiger partial charge in [0, 0.05) is 30.2 Å². The summed E-state index contributed by atoms with van der Waals surface area (Å²) >= 11 is 1.75. The van der Waals surface area contributed by atoms with Crippen LogP contribution in [0.15, 0.2) is 59.5 Å². The van der Waals surface area contributed by atoms with E-state index in [4.69, 9.17) is 0 Å². The first-order valence-electron chi connectivity index (χ1n) is 9.11. The predicted octanol–water partition coefficient (Wildman–Crippen LogP) is 4.30. The minimum Gasteiger partial charge on any atom is -0.341 e. The zero-order valence-electron chi connectivity index (χ0n) is 15.0. The maximum absolute atomic E-state index is 12.6. The second kappa shape index (κ2) is 7.54. The molecule has 1 unspecified atom stereocenters. The van der Waals surface area contributed by atoms with Gasteiger partial charge in [-0.2, -0.15) is 0 Å². The first-order chi connectivity index (χ1) is 12.7. The molecule has 0 radical (unpaired) electrons. The van der Waals surface area contributed by atoms with Gasteiger partial charge in [0.15, 0.2) is 0 Å². The van der Waals surface area contributed by atoms with Crippen LogP contribution in [0.4, 0.5) is 0 Å². The van der Waals surface area contributed by atoms with E-state index >= 15 is 0 Å². The van der Waals surface area contributed by atoms with Gasteiger partial charge in [0.05, 0.1) is 17.1 Å². The van der Waals surface area contributed by atoms with Crippen LogP contribution in [0.3, 0.4) is 0 Å². The van der Waals surface area contributed by atoms with E-state index in [1.165, 1.54) is 10.4 Å². The quantitative estimate of drug-likeness (QED) is 0.633. The summed E-state index contributed by atoms with van der Waals surface area (Å²) in [4.78, 5) is 20.5. The summed E-state index contributed by atoms with van der Waals surface area (Å²) in [6.07, 6.45) is 1.59. The Balaban J connectivity index is 1.37. The fourth-order valence-corrected chi connectivity index (χ4v) is 4.60. The molecule has 0 aliphatic carbocycles. The summed E-state index contributed by atoms with van der Waals surface area (Å²) in [6, 6.07) is 18.8.